The molecule has 0 heterocycles. The van der Waals surface area contributed by atoms with Crippen molar-refractivity contribution < 1.29 is 4.74 Å². The molecule has 5 nitrogen and oxygen atoms in total. The van der Waals surface area contributed by atoms with Crippen molar-refractivity contribution in [1.82, 2.24) is 0 Å². The lowest BCUT2D eigenvalue weighted by Crippen LogP contribution is -2.27. The summed E-state index contributed by atoms with van der Waals surface area (Å²) >= 11 is 16.9. The zero-order chi connectivity index (χ0) is 19.0. The molecule has 0 fully saturated rings. The normalized spacial score (nSPS) is 16.0. The fourth-order valence-electron chi connectivity index (χ4n) is 3.13. The lowest BCUT2D eigenvalue weighted by Gasteiger charge is -2.26. The molecule has 26 heavy (non-hydrogen) atoms. The SMILES string of the molecule is [N-]=[N+]=NC(COC(=N)C(Cl)(Cl)Cl)C1=C(CCc2ccccc2)CCCC1. The van der Waals surface area contributed by atoms with Crippen LogP contribution in [-0.2, 0) is 11.2 Å². The molecule has 0 radical (unpaired) electrons. The van der Waals surface area contributed by atoms with Gasteiger partial charge in [-0.1, -0.05) is 81.4 Å². The highest BCUT2D eigenvalue weighted by molar-refractivity contribution is 6.76. The van der Waals surface area contributed by atoms with Crippen molar-refractivity contribution in [3.8, 4) is 0 Å². The Hall–Kier alpha value is -1.39. The summed E-state index contributed by atoms with van der Waals surface area (Å²) in [5.41, 5.74) is 12.6. The van der Waals surface area contributed by atoms with Crippen molar-refractivity contribution in [3.63, 3.8) is 0 Å². The minimum Gasteiger partial charge on any atom is -0.477 e. The molecule has 0 aromatic heterocycles. The molecule has 1 aromatic rings. The van der Waals surface area contributed by atoms with Crippen molar-refractivity contribution in [1.29, 1.82) is 5.41 Å². The van der Waals surface area contributed by atoms with Crippen molar-refractivity contribution in [2.24, 2.45) is 5.11 Å². The molecule has 0 spiro atoms. The van der Waals surface area contributed by atoms with E-state index in [4.69, 9.17) is 50.5 Å². The molecule has 8 heteroatoms. The van der Waals surface area contributed by atoms with E-state index < -0.39 is 15.7 Å². The lowest BCUT2D eigenvalue weighted by molar-refractivity contribution is 0.277. The number of azide groups is 1. The highest BCUT2D eigenvalue weighted by atomic mass is 35.6. The Morgan fingerprint density at radius 2 is 1.88 bits per heavy atom. The first kappa shape index (κ1) is 20.9. The molecule has 1 N–H and O–H groups in total. The van der Waals surface area contributed by atoms with Gasteiger partial charge < -0.3 is 4.74 Å². The van der Waals surface area contributed by atoms with Crippen LogP contribution in [0.1, 0.15) is 37.7 Å². The summed E-state index contributed by atoms with van der Waals surface area (Å²) in [5, 5.41) is 11.5. The fraction of sp³-hybridized carbons (Fsp3) is 0.500. The second-order valence-electron chi connectivity index (χ2n) is 6.18. The van der Waals surface area contributed by atoms with Crippen LogP contribution in [0.25, 0.3) is 10.4 Å². The molecule has 0 aliphatic heterocycles. The molecule has 0 bridgehead atoms. The molecule has 1 aliphatic rings. The third-order valence-electron chi connectivity index (χ3n) is 4.42. The minimum atomic E-state index is -1.92. The van der Waals surface area contributed by atoms with Crippen molar-refractivity contribution >= 4 is 40.7 Å². The van der Waals surface area contributed by atoms with Crippen molar-refractivity contribution in [2.75, 3.05) is 6.61 Å². The van der Waals surface area contributed by atoms with E-state index in [0.29, 0.717) is 0 Å². The predicted molar refractivity (Wildman–Crippen MR) is 107 cm³/mol. The van der Waals surface area contributed by atoms with Gasteiger partial charge in [-0.05, 0) is 49.6 Å². The first-order valence-corrected chi connectivity index (χ1v) is 9.62. The summed E-state index contributed by atoms with van der Waals surface area (Å²) in [6.45, 7) is 0.000966. The number of alkyl halides is 3. The van der Waals surface area contributed by atoms with Gasteiger partial charge in [-0.15, -0.1) is 0 Å². The van der Waals surface area contributed by atoms with Crippen LogP contribution in [0, 0.1) is 5.41 Å². The average Bonchev–Trinajstić information content (AvgIpc) is 2.63. The Morgan fingerprint density at radius 3 is 2.54 bits per heavy atom. The lowest BCUT2D eigenvalue weighted by atomic mass is 9.85. The number of benzene rings is 1. The van der Waals surface area contributed by atoms with Crippen LogP contribution in [0.4, 0.5) is 0 Å². The second-order valence-corrected chi connectivity index (χ2v) is 8.46. The maximum absolute atomic E-state index is 8.93. The topological polar surface area (TPSA) is 81.8 Å². The summed E-state index contributed by atoms with van der Waals surface area (Å²) in [4.78, 5) is 2.95. The van der Waals surface area contributed by atoms with Crippen LogP contribution in [0.2, 0.25) is 0 Å². The number of nitrogens with one attached hydrogen (secondary N) is 1. The molecule has 1 aliphatic carbocycles. The van der Waals surface area contributed by atoms with E-state index in [1.54, 1.807) is 0 Å². The van der Waals surface area contributed by atoms with E-state index in [2.05, 4.69) is 22.2 Å². The number of aryl methyl sites for hydroxylation is 1. The Kier molecular flexibility index (Phi) is 8.11. The number of allylic oxidation sites excluding steroid dienone is 1. The largest absolute Gasteiger partial charge is 0.477 e. The number of halogens is 3. The van der Waals surface area contributed by atoms with Gasteiger partial charge in [-0.2, -0.15) is 0 Å². The molecule has 1 unspecified atom stereocenters. The van der Waals surface area contributed by atoms with Gasteiger partial charge in [-0.3, -0.25) is 5.41 Å². The van der Waals surface area contributed by atoms with Gasteiger partial charge in [0.1, 0.15) is 6.61 Å². The maximum Gasteiger partial charge on any atom is 0.265 e. The van der Waals surface area contributed by atoms with Crippen LogP contribution in [-0.4, -0.2) is 22.3 Å². The van der Waals surface area contributed by atoms with Crippen LogP contribution >= 0.6 is 34.8 Å². The summed E-state index contributed by atoms with van der Waals surface area (Å²) in [7, 11) is 0. The quantitative estimate of drug-likeness (QED) is 0.103. The number of hydrogen-bond donors (Lipinski definition) is 1. The van der Waals surface area contributed by atoms with E-state index in [-0.39, 0.29) is 6.61 Å². The molecule has 0 amide bonds. The van der Waals surface area contributed by atoms with Crippen LogP contribution in [0.5, 0.6) is 0 Å². The van der Waals surface area contributed by atoms with Gasteiger partial charge in [0, 0.05) is 4.91 Å². The monoisotopic (exact) mass is 414 g/mol. The summed E-state index contributed by atoms with van der Waals surface area (Å²) < 4.78 is 3.36. The molecule has 140 valence electrons. The van der Waals surface area contributed by atoms with E-state index >= 15 is 0 Å². The molecule has 0 saturated heterocycles. The third-order valence-corrected chi connectivity index (χ3v) is 4.94. The zero-order valence-corrected chi connectivity index (χ0v) is 16.6. The Balaban J connectivity index is 2.12. The maximum atomic E-state index is 8.93. The molecule has 1 atom stereocenters. The molecule has 0 saturated carbocycles. The predicted octanol–water partition coefficient (Wildman–Crippen LogP) is 6.53. The van der Waals surface area contributed by atoms with Gasteiger partial charge in [0.15, 0.2) is 0 Å². The Bertz CT molecular complexity index is 694. The molecule has 2 rings (SSSR count). The highest BCUT2D eigenvalue weighted by Crippen LogP contribution is 2.33. The minimum absolute atomic E-state index is 0.000966. The Morgan fingerprint density at radius 1 is 1.19 bits per heavy atom. The van der Waals surface area contributed by atoms with Crippen LogP contribution in [0.3, 0.4) is 0 Å². The van der Waals surface area contributed by atoms with E-state index in [1.807, 2.05) is 18.2 Å². The number of nitrogens with zero attached hydrogens (tertiary/aromatic N) is 3. The van der Waals surface area contributed by atoms with E-state index in [1.165, 1.54) is 11.1 Å². The zero-order valence-electron chi connectivity index (χ0n) is 14.3. The van der Waals surface area contributed by atoms with Crippen molar-refractivity contribution in [2.45, 2.75) is 48.4 Å². The van der Waals surface area contributed by atoms with Crippen molar-refractivity contribution in [3.05, 3.63) is 57.5 Å². The van der Waals surface area contributed by atoms with Gasteiger partial charge in [-0.25, -0.2) is 0 Å². The molecular weight excluding hydrogens is 395 g/mol. The fourth-order valence-corrected chi connectivity index (χ4v) is 3.29. The standard InChI is InChI=1S/C18H21Cl3N4O/c19-18(20,21)17(22)26-12-16(24-25-23)15-9-5-4-8-14(15)11-10-13-6-2-1-3-7-13/h1-3,6-7,16,22H,4-5,8-12H2. The molecular formula is C18H21Cl3N4O. The average molecular weight is 416 g/mol. The van der Waals surface area contributed by atoms with E-state index in [0.717, 1.165) is 44.1 Å². The van der Waals surface area contributed by atoms with Crippen LogP contribution < -0.4 is 0 Å². The number of hydrogen-bond acceptors (Lipinski definition) is 3. The molecule has 1 aromatic carbocycles. The highest BCUT2D eigenvalue weighted by Gasteiger charge is 2.30. The van der Waals surface area contributed by atoms with Gasteiger partial charge in [0.25, 0.3) is 3.79 Å². The summed E-state index contributed by atoms with van der Waals surface area (Å²) in [5.74, 6) is -0.470. The van der Waals surface area contributed by atoms with Gasteiger partial charge in [0.2, 0.25) is 5.90 Å². The number of ether oxygens (including phenoxy) is 1. The van der Waals surface area contributed by atoms with Gasteiger partial charge >= 0.3 is 0 Å². The summed E-state index contributed by atoms with van der Waals surface area (Å²) in [6, 6.07) is 9.80. The Labute approximate surface area is 168 Å². The third kappa shape index (κ3) is 6.40. The smallest absolute Gasteiger partial charge is 0.265 e. The summed E-state index contributed by atoms with van der Waals surface area (Å²) in [6.07, 6.45) is 5.87. The first-order chi connectivity index (χ1) is 12.4. The van der Waals surface area contributed by atoms with E-state index in [9.17, 15) is 0 Å². The first-order valence-electron chi connectivity index (χ1n) is 8.49. The second kappa shape index (κ2) is 10.1. The van der Waals surface area contributed by atoms with Crippen LogP contribution in [0.15, 0.2) is 46.6 Å². The van der Waals surface area contributed by atoms with Gasteiger partial charge in [0.05, 0.1) is 6.04 Å². The number of rotatable bonds is 7.